The van der Waals surface area contributed by atoms with Gasteiger partial charge in [-0.1, -0.05) is 26.7 Å². The Labute approximate surface area is 126 Å². The molecule has 0 aromatic carbocycles. The highest BCUT2D eigenvalue weighted by molar-refractivity contribution is 6.20. The molecule has 2 rings (SSSR count). The molecule has 2 aromatic heterocycles. The van der Waals surface area contributed by atoms with Crippen LogP contribution in [0.4, 0.5) is 0 Å². The summed E-state index contributed by atoms with van der Waals surface area (Å²) in [6, 6.07) is 0.376. The first-order chi connectivity index (χ1) is 9.42. The summed E-state index contributed by atoms with van der Waals surface area (Å²) in [5, 5.41) is 4.40. The van der Waals surface area contributed by atoms with Crippen molar-refractivity contribution in [3.63, 3.8) is 0 Å². The van der Waals surface area contributed by atoms with E-state index >= 15 is 0 Å². The van der Waals surface area contributed by atoms with Crippen molar-refractivity contribution in [2.45, 2.75) is 58.9 Å². The Balaban J connectivity index is 2.67. The van der Waals surface area contributed by atoms with Crippen molar-refractivity contribution in [2.24, 2.45) is 13.0 Å². The van der Waals surface area contributed by atoms with Gasteiger partial charge in [0, 0.05) is 13.1 Å². The van der Waals surface area contributed by atoms with Crippen LogP contribution in [0.5, 0.6) is 0 Å². The molecule has 2 heterocycles. The van der Waals surface area contributed by atoms with Crippen LogP contribution in [0.3, 0.4) is 0 Å². The maximum absolute atomic E-state index is 6.36. The molecule has 2 aromatic rings. The van der Waals surface area contributed by atoms with Gasteiger partial charge in [0.1, 0.15) is 11.3 Å². The van der Waals surface area contributed by atoms with Gasteiger partial charge in [-0.05, 0) is 26.7 Å². The molecule has 0 spiro atoms. The van der Waals surface area contributed by atoms with E-state index in [4.69, 9.17) is 16.6 Å². The van der Waals surface area contributed by atoms with Crippen LogP contribution in [0, 0.1) is 12.8 Å². The van der Waals surface area contributed by atoms with Crippen molar-refractivity contribution in [1.29, 1.82) is 0 Å². The van der Waals surface area contributed by atoms with Crippen molar-refractivity contribution in [1.82, 2.24) is 19.3 Å². The van der Waals surface area contributed by atoms with E-state index in [1.807, 2.05) is 25.6 Å². The zero-order valence-electron chi connectivity index (χ0n) is 13.3. The normalized spacial score (nSPS) is 15.2. The summed E-state index contributed by atoms with van der Waals surface area (Å²) < 4.78 is 4.23. The van der Waals surface area contributed by atoms with Crippen LogP contribution in [0.1, 0.15) is 63.5 Å². The van der Waals surface area contributed by atoms with Crippen molar-refractivity contribution < 1.29 is 0 Å². The highest BCUT2D eigenvalue weighted by Gasteiger charge is 2.26. The van der Waals surface area contributed by atoms with E-state index in [0.717, 1.165) is 35.5 Å². The van der Waals surface area contributed by atoms with Crippen LogP contribution in [0.2, 0.25) is 0 Å². The minimum Gasteiger partial charge on any atom is -0.309 e. The molecule has 0 amide bonds. The van der Waals surface area contributed by atoms with Crippen LogP contribution >= 0.6 is 11.6 Å². The molecule has 20 heavy (non-hydrogen) atoms. The summed E-state index contributed by atoms with van der Waals surface area (Å²) in [4.78, 5) is 4.75. The molecule has 0 radical (unpaired) electrons. The summed E-state index contributed by atoms with van der Waals surface area (Å²) >= 11 is 6.36. The van der Waals surface area contributed by atoms with Gasteiger partial charge in [0.2, 0.25) is 0 Å². The van der Waals surface area contributed by atoms with E-state index in [1.54, 1.807) is 0 Å². The van der Waals surface area contributed by atoms with Gasteiger partial charge in [-0.25, -0.2) is 4.98 Å². The lowest BCUT2D eigenvalue weighted by Crippen LogP contribution is -2.19. The lowest BCUT2D eigenvalue weighted by Gasteiger charge is -2.25. The predicted molar refractivity (Wildman–Crippen MR) is 84.3 cm³/mol. The van der Waals surface area contributed by atoms with Crippen LogP contribution in [0.25, 0.3) is 11.2 Å². The molecule has 2 unspecified atom stereocenters. The van der Waals surface area contributed by atoms with Gasteiger partial charge in [-0.3, -0.25) is 4.68 Å². The summed E-state index contributed by atoms with van der Waals surface area (Å²) in [7, 11) is 1.98. The first kappa shape index (κ1) is 15.4. The first-order valence-electron chi connectivity index (χ1n) is 7.47. The Morgan fingerprint density at radius 2 is 1.80 bits per heavy atom. The summed E-state index contributed by atoms with van der Waals surface area (Å²) in [5.74, 6) is 1.58. The Hall–Kier alpha value is -1.03. The van der Waals surface area contributed by atoms with E-state index in [-0.39, 0.29) is 5.38 Å². The van der Waals surface area contributed by atoms with Crippen molar-refractivity contribution in [2.75, 3.05) is 0 Å². The fraction of sp³-hybridized carbons (Fsp3) is 0.733. The van der Waals surface area contributed by atoms with Crippen LogP contribution in [0.15, 0.2) is 0 Å². The van der Waals surface area contributed by atoms with Gasteiger partial charge in [0.15, 0.2) is 5.65 Å². The fourth-order valence-electron chi connectivity index (χ4n) is 3.18. The molecule has 0 fully saturated rings. The number of nitrogens with zero attached hydrogens (tertiary/aromatic N) is 4. The first-order valence-corrected chi connectivity index (χ1v) is 7.91. The maximum Gasteiger partial charge on any atom is 0.158 e. The topological polar surface area (TPSA) is 35.6 Å². The van der Waals surface area contributed by atoms with Crippen molar-refractivity contribution >= 4 is 22.8 Å². The highest BCUT2D eigenvalue weighted by Crippen LogP contribution is 2.33. The Morgan fingerprint density at radius 3 is 2.30 bits per heavy atom. The molecular weight excluding hydrogens is 272 g/mol. The Bertz CT molecular complexity index is 593. The zero-order chi connectivity index (χ0) is 15.0. The molecule has 2 atom stereocenters. The third-order valence-corrected chi connectivity index (χ3v) is 4.55. The molecule has 0 aliphatic carbocycles. The fourth-order valence-corrected chi connectivity index (χ4v) is 3.33. The molecule has 0 bridgehead atoms. The number of rotatable bonds is 5. The number of halogens is 1. The van der Waals surface area contributed by atoms with E-state index in [1.165, 1.54) is 0 Å². The third kappa shape index (κ3) is 2.34. The van der Waals surface area contributed by atoms with Gasteiger partial charge in [-0.15, -0.1) is 11.6 Å². The second kappa shape index (κ2) is 5.76. The largest absolute Gasteiger partial charge is 0.309 e. The van der Waals surface area contributed by atoms with E-state index in [0.29, 0.717) is 12.0 Å². The van der Waals surface area contributed by atoms with Crippen molar-refractivity contribution in [3.8, 4) is 0 Å². The van der Waals surface area contributed by atoms with E-state index < -0.39 is 0 Å². The zero-order valence-corrected chi connectivity index (χ0v) is 14.1. The minimum atomic E-state index is -0.0985. The number of alkyl halides is 1. The average Bonchev–Trinajstić information content (AvgIpc) is 2.90. The number of fused-ring (bicyclic) bond motifs is 1. The predicted octanol–water partition coefficient (Wildman–Crippen LogP) is 4.38. The molecule has 4 nitrogen and oxygen atoms in total. The maximum atomic E-state index is 6.36. The molecule has 0 aliphatic heterocycles. The van der Waals surface area contributed by atoms with Crippen LogP contribution in [-0.4, -0.2) is 19.3 Å². The summed E-state index contributed by atoms with van der Waals surface area (Å²) in [6.07, 6.45) is 2.31. The number of imidazole rings is 1. The molecule has 0 aliphatic rings. The summed E-state index contributed by atoms with van der Waals surface area (Å²) in [5.41, 5.74) is 3.04. The molecule has 0 N–H and O–H groups in total. The molecular formula is C15H25ClN4. The molecule has 0 saturated heterocycles. The molecule has 5 heteroatoms. The number of aromatic nitrogens is 4. The quantitative estimate of drug-likeness (QED) is 0.768. The number of hydrogen-bond donors (Lipinski definition) is 0. The second-order valence-corrected chi connectivity index (χ2v) is 6.31. The van der Waals surface area contributed by atoms with E-state index in [9.17, 15) is 0 Å². The Kier molecular flexibility index (Phi) is 4.43. The second-order valence-electron chi connectivity index (χ2n) is 5.65. The summed E-state index contributed by atoms with van der Waals surface area (Å²) in [6.45, 7) is 10.8. The van der Waals surface area contributed by atoms with Gasteiger partial charge in [0.25, 0.3) is 0 Å². The van der Waals surface area contributed by atoms with Gasteiger partial charge >= 0.3 is 0 Å². The van der Waals surface area contributed by atoms with Crippen LogP contribution in [-0.2, 0) is 7.05 Å². The Morgan fingerprint density at radius 1 is 1.20 bits per heavy atom. The third-order valence-electron chi connectivity index (χ3n) is 4.36. The lowest BCUT2D eigenvalue weighted by atomic mass is 9.95. The molecule has 0 saturated carbocycles. The van der Waals surface area contributed by atoms with Crippen molar-refractivity contribution in [3.05, 3.63) is 11.5 Å². The monoisotopic (exact) mass is 296 g/mol. The van der Waals surface area contributed by atoms with Gasteiger partial charge in [-0.2, -0.15) is 5.10 Å². The smallest absolute Gasteiger partial charge is 0.158 e. The number of hydrogen-bond acceptors (Lipinski definition) is 2. The van der Waals surface area contributed by atoms with Gasteiger partial charge in [0.05, 0.1) is 11.1 Å². The lowest BCUT2D eigenvalue weighted by molar-refractivity contribution is 0.329. The highest BCUT2D eigenvalue weighted by atomic mass is 35.5. The molecule has 112 valence electrons. The number of aryl methyl sites for hydroxylation is 2. The average molecular weight is 297 g/mol. The van der Waals surface area contributed by atoms with Gasteiger partial charge < -0.3 is 4.57 Å². The minimum absolute atomic E-state index is 0.0985. The standard InChI is InChI=1S/C15H25ClN4/c1-7-12(8-2)11(5)20-14(9(3)16)17-13-10(4)18-19(6)15(13)20/h9,11-12H,7-8H2,1-6H3. The van der Waals surface area contributed by atoms with E-state index in [2.05, 4.69) is 30.4 Å². The van der Waals surface area contributed by atoms with Crippen LogP contribution < -0.4 is 0 Å². The SMILES string of the molecule is CCC(CC)C(C)n1c(C(C)Cl)nc2c(C)nn(C)c21.